The Morgan fingerprint density at radius 2 is 1.93 bits per heavy atom. The molecule has 0 amide bonds. The van der Waals surface area contributed by atoms with E-state index in [9.17, 15) is 9.59 Å². The summed E-state index contributed by atoms with van der Waals surface area (Å²) in [6, 6.07) is 8.19. The van der Waals surface area contributed by atoms with Crippen molar-refractivity contribution in [3.63, 3.8) is 0 Å². The highest BCUT2D eigenvalue weighted by atomic mass is 16.7. The standard InChI is InChI=1S/C11H10O4/c1-2-8-14-11(13)15-10(12)9-6-4-3-5-7-9/h2-7H,1,8H2. The molecule has 78 valence electrons. The van der Waals surface area contributed by atoms with E-state index in [0.717, 1.165) is 0 Å². The fourth-order valence-corrected chi connectivity index (χ4v) is 0.865. The molecule has 1 aromatic rings. The minimum atomic E-state index is -1.02. The number of benzene rings is 1. The maximum absolute atomic E-state index is 11.3. The van der Waals surface area contributed by atoms with Gasteiger partial charge in [-0.05, 0) is 12.1 Å². The molecule has 0 aliphatic carbocycles. The molecule has 0 saturated carbocycles. The predicted octanol–water partition coefficient (Wildman–Crippen LogP) is 2.17. The van der Waals surface area contributed by atoms with E-state index in [2.05, 4.69) is 16.1 Å². The van der Waals surface area contributed by atoms with Gasteiger partial charge < -0.3 is 9.47 Å². The molecule has 0 heterocycles. The first-order valence-corrected chi connectivity index (χ1v) is 4.29. The summed E-state index contributed by atoms with van der Waals surface area (Å²) in [4.78, 5) is 22.1. The van der Waals surface area contributed by atoms with Gasteiger partial charge in [-0.15, -0.1) is 0 Å². The third-order valence-corrected chi connectivity index (χ3v) is 1.50. The molecule has 0 fully saturated rings. The predicted molar refractivity (Wildman–Crippen MR) is 53.4 cm³/mol. The number of hydrogen-bond donors (Lipinski definition) is 0. The SMILES string of the molecule is C=CCOC(=O)OC(=O)c1ccccc1. The van der Waals surface area contributed by atoms with E-state index in [-0.39, 0.29) is 6.61 Å². The summed E-state index contributed by atoms with van der Waals surface area (Å²) in [5.41, 5.74) is 0.299. The van der Waals surface area contributed by atoms with Crippen LogP contribution in [0.5, 0.6) is 0 Å². The first-order valence-electron chi connectivity index (χ1n) is 4.29. The fraction of sp³-hybridized carbons (Fsp3) is 0.0909. The topological polar surface area (TPSA) is 52.6 Å². The lowest BCUT2D eigenvalue weighted by molar-refractivity contribution is 0.0418. The van der Waals surface area contributed by atoms with Crippen LogP contribution in [0.15, 0.2) is 43.0 Å². The zero-order valence-corrected chi connectivity index (χ0v) is 8.01. The molecule has 1 aromatic carbocycles. The van der Waals surface area contributed by atoms with Gasteiger partial charge in [0, 0.05) is 0 Å². The van der Waals surface area contributed by atoms with Gasteiger partial charge >= 0.3 is 12.1 Å². The van der Waals surface area contributed by atoms with Crippen molar-refractivity contribution in [3.8, 4) is 0 Å². The molecule has 0 unspecified atom stereocenters. The van der Waals surface area contributed by atoms with Crippen LogP contribution in [0.1, 0.15) is 10.4 Å². The minimum absolute atomic E-state index is 0.0148. The van der Waals surface area contributed by atoms with Gasteiger partial charge in [-0.2, -0.15) is 0 Å². The highest BCUT2D eigenvalue weighted by Gasteiger charge is 2.12. The second kappa shape index (κ2) is 5.59. The van der Waals surface area contributed by atoms with Crippen LogP contribution in [-0.4, -0.2) is 18.7 Å². The Balaban J connectivity index is 2.49. The zero-order valence-electron chi connectivity index (χ0n) is 8.01. The molecule has 0 aliphatic rings. The summed E-state index contributed by atoms with van der Waals surface area (Å²) in [6.07, 6.45) is 0.359. The van der Waals surface area contributed by atoms with Crippen LogP contribution in [0.3, 0.4) is 0 Å². The molecule has 0 spiro atoms. The lowest BCUT2D eigenvalue weighted by atomic mass is 10.2. The van der Waals surface area contributed by atoms with Gasteiger partial charge in [0.25, 0.3) is 0 Å². The van der Waals surface area contributed by atoms with Gasteiger partial charge in [0.2, 0.25) is 0 Å². The zero-order chi connectivity index (χ0) is 11.1. The molecule has 0 atom stereocenters. The quantitative estimate of drug-likeness (QED) is 0.432. The van der Waals surface area contributed by atoms with E-state index in [1.807, 2.05) is 0 Å². The average molecular weight is 206 g/mol. The van der Waals surface area contributed by atoms with E-state index < -0.39 is 12.1 Å². The third-order valence-electron chi connectivity index (χ3n) is 1.50. The van der Waals surface area contributed by atoms with Crippen molar-refractivity contribution in [2.24, 2.45) is 0 Å². The first kappa shape index (κ1) is 11.0. The second-order valence-corrected chi connectivity index (χ2v) is 2.61. The van der Waals surface area contributed by atoms with Crippen LogP contribution >= 0.6 is 0 Å². The van der Waals surface area contributed by atoms with Crippen molar-refractivity contribution in [3.05, 3.63) is 48.6 Å². The average Bonchev–Trinajstić information content (AvgIpc) is 2.27. The lowest BCUT2D eigenvalue weighted by Gasteiger charge is -2.02. The molecule has 0 aromatic heterocycles. The number of hydrogen-bond acceptors (Lipinski definition) is 4. The highest BCUT2D eigenvalue weighted by Crippen LogP contribution is 2.01. The molecule has 4 heteroatoms. The normalized spacial score (nSPS) is 9.07. The van der Waals surface area contributed by atoms with Crippen molar-refractivity contribution in [2.75, 3.05) is 6.61 Å². The van der Waals surface area contributed by atoms with E-state index in [1.165, 1.54) is 6.08 Å². The molecule has 4 nitrogen and oxygen atoms in total. The van der Waals surface area contributed by atoms with Gasteiger partial charge in [0.05, 0.1) is 5.56 Å². The molecule has 0 saturated heterocycles. The lowest BCUT2D eigenvalue weighted by Crippen LogP contribution is -2.13. The Morgan fingerprint density at radius 3 is 2.53 bits per heavy atom. The van der Waals surface area contributed by atoms with Crippen molar-refractivity contribution in [1.29, 1.82) is 0 Å². The molecule has 1 rings (SSSR count). The summed E-state index contributed by atoms with van der Waals surface area (Å²) in [6.45, 7) is 3.37. The molecular weight excluding hydrogens is 196 g/mol. The van der Waals surface area contributed by atoms with E-state index in [4.69, 9.17) is 0 Å². The van der Waals surface area contributed by atoms with E-state index in [0.29, 0.717) is 5.56 Å². The van der Waals surface area contributed by atoms with Gasteiger partial charge in [-0.25, -0.2) is 9.59 Å². The molecule has 15 heavy (non-hydrogen) atoms. The maximum Gasteiger partial charge on any atom is 0.516 e. The van der Waals surface area contributed by atoms with Crippen LogP contribution in [0, 0.1) is 0 Å². The second-order valence-electron chi connectivity index (χ2n) is 2.61. The van der Waals surface area contributed by atoms with Gasteiger partial charge in [-0.1, -0.05) is 30.9 Å². The van der Waals surface area contributed by atoms with Crippen molar-refractivity contribution in [1.82, 2.24) is 0 Å². The third kappa shape index (κ3) is 3.64. The number of rotatable bonds is 3. The molecule has 0 bridgehead atoms. The van der Waals surface area contributed by atoms with Crippen molar-refractivity contribution in [2.45, 2.75) is 0 Å². The first-order chi connectivity index (χ1) is 7.24. The Morgan fingerprint density at radius 1 is 1.27 bits per heavy atom. The number of ether oxygens (including phenoxy) is 2. The van der Waals surface area contributed by atoms with Gasteiger partial charge in [0.15, 0.2) is 0 Å². The summed E-state index contributed by atoms with van der Waals surface area (Å²) in [7, 11) is 0. The minimum Gasteiger partial charge on any atom is -0.430 e. The summed E-state index contributed by atoms with van der Waals surface area (Å²) in [5.74, 6) is -0.732. The van der Waals surface area contributed by atoms with Gasteiger partial charge in [-0.3, -0.25) is 0 Å². The monoisotopic (exact) mass is 206 g/mol. The number of carbonyl (C=O) groups is 2. The smallest absolute Gasteiger partial charge is 0.430 e. The van der Waals surface area contributed by atoms with E-state index >= 15 is 0 Å². The molecular formula is C11H10O4. The van der Waals surface area contributed by atoms with Gasteiger partial charge in [0.1, 0.15) is 6.61 Å². The number of esters is 1. The Kier molecular flexibility index (Phi) is 4.09. The van der Waals surface area contributed by atoms with Crippen molar-refractivity contribution < 1.29 is 19.1 Å². The molecule has 0 aliphatic heterocycles. The summed E-state index contributed by atoms with van der Waals surface area (Å²) in [5, 5.41) is 0. The largest absolute Gasteiger partial charge is 0.516 e. The Hall–Kier alpha value is -2.10. The van der Waals surface area contributed by atoms with Crippen LogP contribution < -0.4 is 0 Å². The van der Waals surface area contributed by atoms with Crippen LogP contribution in [0.2, 0.25) is 0 Å². The Labute approximate surface area is 87.1 Å². The summed E-state index contributed by atoms with van der Waals surface area (Å²) < 4.78 is 8.87. The van der Waals surface area contributed by atoms with Crippen molar-refractivity contribution >= 4 is 12.1 Å². The molecule has 0 N–H and O–H groups in total. The highest BCUT2D eigenvalue weighted by molar-refractivity contribution is 5.95. The van der Waals surface area contributed by atoms with Crippen LogP contribution in [-0.2, 0) is 9.47 Å². The maximum atomic E-state index is 11.3. The van der Waals surface area contributed by atoms with E-state index in [1.54, 1.807) is 30.3 Å². The Bertz CT molecular complexity index is 356. The molecule has 0 radical (unpaired) electrons. The van der Waals surface area contributed by atoms with Crippen LogP contribution in [0.25, 0.3) is 0 Å². The number of carbonyl (C=O) groups excluding carboxylic acids is 2. The van der Waals surface area contributed by atoms with Crippen LogP contribution in [0.4, 0.5) is 4.79 Å². The fourth-order valence-electron chi connectivity index (χ4n) is 0.865. The summed E-state index contributed by atoms with van der Waals surface area (Å²) >= 11 is 0.